The molecule has 2 unspecified atom stereocenters. The number of likely N-dealkylation sites (tertiary alicyclic amines) is 1. The van der Waals surface area contributed by atoms with Crippen molar-refractivity contribution < 1.29 is 10.0 Å². The molecular formula is C12H21N3O2. The average Bonchev–Trinajstić information content (AvgIpc) is 2.55. The van der Waals surface area contributed by atoms with Gasteiger partial charge >= 0.3 is 0 Å². The van der Waals surface area contributed by atoms with Crippen molar-refractivity contribution in [3.05, 3.63) is 0 Å². The molecule has 0 aromatic rings. The van der Waals surface area contributed by atoms with Crippen molar-refractivity contribution >= 4 is 11.7 Å². The van der Waals surface area contributed by atoms with Crippen LogP contribution in [0.25, 0.3) is 0 Å². The SMILES string of the molecule is CC1CC(C)N(C(=O)C2(C(N)=NO)CCC2)C1. The topological polar surface area (TPSA) is 78.9 Å². The van der Waals surface area contributed by atoms with Gasteiger partial charge in [-0.05, 0) is 32.1 Å². The summed E-state index contributed by atoms with van der Waals surface area (Å²) in [5, 5.41) is 11.9. The minimum atomic E-state index is -0.715. The highest BCUT2D eigenvalue weighted by molar-refractivity contribution is 6.07. The van der Waals surface area contributed by atoms with Crippen LogP contribution >= 0.6 is 0 Å². The number of amidine groups is 1. The van der Waals surface area contributed by atoms with Gasteiger partial charge in [-0.1, -0.05) is 18.5 Å². The van der Waals surface area contributed by atoms with Gasteiger partial charge in [-0.15, -0.1) is 0 Å². The van der Waals surface area contributed by atoms with Crippen LogP contribution in [0, 0.1) is 11.3 Å². The smallest absolute Gasteiger partial charge is 0.236 e. The van der Waals surface area contributed by atoms with E-state index in [1.54, 1.807) is 0 Å². The molecule has 0 aromatic carbocycles. The summed E-state index contributed by atoms with van der Waals surface area (Å²) in [7, 11) is 0. The van der Waals surface area contributed by atoms with Crippen molar-refractivity contribution in [1.82, 2.24) is 4.90 Å². The molecule has 5 heteroatoms. The van der Waals surface area contributed by atoms with Crippen molar-refractivity contribution in [3.8, 4) is 0 Å². The van der Waals surface area contributed by atoms with Crippen molar-refractivity contribution in [3.63, 3.8) is 0 Å². The molecule has 5 nitrogen and oxygen atoms in total. The molecule has 1 saturated carbocycles. The van der Waals surface area contributed by atoms with Crippen molar-refractivity contribution in [1.29, 1.82) is 0 Å². The Morgan fingerprint density at radius 3 is 2.47 bits per heavy atom. The van der Waals surface area contributed by atoms with Gasteiger partial charge in [0.25, 0.3) is 0 Å². The molecular weight excluding hydrogens is 218 g/mol. The molecule has 3 N–H and O–H groups in total. The van der Waals surface area contributed by atoms with Crippen LogP contribution in [-0.2, 0) is 4.79 Å². The van der Waals surface area contributed by atoms with Gasteiger partial charge in [-0.25, -0.2) is 0 Å². The number of rotatable bonds is 2. The Hall–Kier alpha value is -1.26. The van der Waals surface area contributed by atoms with E-state index in [0.717, 1.165) is 19.4 Å². The monoisotopic (exact) mass is 239 g/mol. The second-order valence-electron chi connectivity index (χ2n) is 5.57. The number of amides is 1. The van der Waals surface area contributed by atoms with Gasteiger partial charge in [0, 0.05) is 12.6 Å². The second kappa shape index (κ2) is 4.20. The van der Waals surface area contributed by atoms with E-state index in [-0.39, 0.29) is 17.8 Å². The molecule has 0 bridgehead atoms. The predicted octanol–water partition coefficient (Wildman–Crippen LogP) is 1.16. The molecule has 1 saturated heterocycles. The van der Waals surface area contributed by atoms with Crippen molar-refractivity contribution in [2.24, 2.45) is 22.2 Å². The van der Waals surface area contributed by atoms with Crippen LogP contribution in [0.5, 0.6) is 0 Å². The summed E-state index contributed by atoms with van der Waals surface area (Å²) in [4.78, 5) is 14.5. The van der Waals surface area contributed by atoms with E-state index in [1.807, 2.05) is 4.90 Å². The average molecular weight is 239 g/mol. The van der Waals surface area contributed by atoms with Gasteiger partial charge in [0.2, 0.25) is 5.91 Å². The van der Waals surface area contributed by atoms with Crippen LogP contribution in [0.3, 0.4) is 0 Å². The normalized spacial score (nSPS) is 32.4. The van der Waals surface area contributed by atoms with Crippen LogP contribution in [-0.4, -0.2) is 34.4 Å². The Morgan fingerprint density at radius 2 is 2.12 bits per heavy atom. The molecule has 0 radical (unpaired) electrons. The molecule has 0 aromatic heterocycles. The number of nitrogens with zero attached hydrogens (tertiary/aromatic N) is 2. The lowest BCUT2D eigenvalue weighted by Crippen LogP contribution is -2.55. The Kier molecular flexibility index (Phi) is 3.02. The van der Waals surface area contributed by atoms with Gasteiger partial charge < -0.3 is 15.8 Å². The predicted molar refractivity (Wildman–Crippen MR) is 64.6 cm³/mol. The molecule has 1 aliphatic carbocycles. The first-order chi connectivity index (χ1) is 8.01. The highest BCUT2D eigenvalue weighted by Crippen LogP contribution is 2.44. The molecule has 1 amide bonds. The van der Waals surface area contributed by atoms with Gasteiger partial charge in [-0.3, -0.25) is 4.79 Å². The molecule has 1 heterocycles. The maximum absolute atomic E-state index is 12.6. The van der Waals surface area contributed by atoms with Gasteiger partial charge in [0.1, 0.15) is 5.41 Å². The number of oxime groups is 1. The van der Waals surface area contributed by atoms with E-state index < -0.39 is 5.41 Å². The van der Waals surface area contributed by atoms with Gasteiger partial charge in [0.15, 0.2) is 5.84 Å². The number of hydrogen-bond acceptors (Lipinski definition) is 3. The minimum absolute atomic E-state index is 0.0518. The van der Waals surface area contributed by atoms with Crippen LogP contribution in [0.4, 0.5) is 0 Å². The second-order valence-corrected chi connectivity index (χ2v) is 5.57. The summed E-state index contributed by atoms with van der Waals surface area (Å²) >= 11 is 0. The maximum atomic E-state index is 12.6. The lowest BCUT2D eigenvalue weighted by Gasteiger charge is -2.42. The first-order valence-corrected chi connectivity index (χ1v) is 6.30. The van der Waals surface area contributed by atoms with E-state index in [0.29, 0.717) is 18.8 Å². The standard InChI is InChI=1S/C12H21N3O2/c1-8-6-9(2)15(7-8)11(16)12(4-3-5-12)10(13)14-17/h8-9,17H,3-7H2,1-2H3,(H2,13,14). The van der Waals surface area contributed by atoms with E-state index in [9.17, 15) is 4.79 Å². The Morgan fingerprint density at radius 1 is 1.47 bits per heavy atom. The maximum Gasteiger partial charge on any atom is 0.236 e. The number of carbonyl (C=O) groups is 1. The van der Waals surface area contributed by atoms with Gasteiger partial charge in [-0.2, -0.15) is 0 Å². The van der Waals surface area contributed by atoms with Gasteiger partial charge in [0.05, 0.1) is 0 Å². The molecule has 0 spiro atoms. The fourth-order valence-corrected chi connectivity index (χ4v) is 3.06. The van der Waals surface area contributed by atoms with Crippen LogP contribution < -0.4 is 5.73 Å². The molecule has 1 aliphatic heterocycles. The number of carbonyl (C=O) groups excluding carboxylic acids is 1. The summed E-state index contributed by atoms with van der Waals surface area (Å²) in [6.45, 7) is 5.02. The largest absolute Gasteiger partial charge is 0.409 e. The zero-order chi connectivity index (χ0) is 12.6. The van der Waals surface area contributed by atoms with E-state index in [4.69, 9.17) is 10.9 Å². The van der Waals surface area contributed by atoms with E-state index in [1.165, 1.54) is 0 Å². The van der Waals surface area contributed by atoms with Crippen molar-refractivity contribution in [2.45, 2.75) is 45.6 Å². The Labute approximate surface area is 102 Å². The van der Waals surface area contributed by atoms with E-state index in [2.05, 4.69) is 19.0 Å². The molecule has 17 heavy (non-hydrogen) atoms. The molecule has 2 fully saturated rings. The van der Waals surface area contributed by atoms with Crippen LogP contribution in [0.15, 0.2) is 5.16 Å². The van der Waals surface area contributed by atoms with Crippen molar-refractivity contribution in [2.75, 3.05) is 6.54 Å². The molecule has 2 atom stereocenters. The third-order valence-corrected chi connectivity index (χ3v) is 4.26. The molecule has 2 rings (SSSR count). The zero-order valence-corrected chi connectivity index (χ0v) is 10.5. The van der Waals surface area contributed by atoms with E-state index >= 15 is 0 Å². The minimum Gasteiger partial charge on any atom is -0.409 e. The highest BCUT2D eigenvalue weighted by Gasteiger charge is 2.51. The third kappa shape index (κ3) is 1.77. The summed E-state index contributed by atoms with van der Waals surface area (Å²) in [6.07, 6.45) is 3.43. The lowest BCUT2D eigenvalue weighted by molar-refractivity contribution is -0.142. The fourth-order valence-electron chi connectivity index (χ4n) is 3.06. The highest BCUT2D eigenvalue weighted by atomic mass is 16.4. The summed E-state index contributed by atoms with van der Waals surface area (Å²) in [5.41, 5.74) is 5.00. The quantitative estimate of drug-likeness (QED) is 0.328. The Balaban J connectivity index is 2.19. The first-order valence-electron chi connectivity index (χ1n) is 6.30. The Bertz CT molecular complexity index is 350. The van der Waals surface area contributed by atoms with Crippen LogP contribution in [0.1, 0.15) is 39.5 Å². The fraction of sp³-hybridized carbons (Fsp3) is 0.833. The molecule has 2 aliphatic rings. The summed E-state index contributed by atoms with van der Waals surface area (Å²) in [5.74, 6) is 0.676. The molecule has 96 valence electrons. The summed E-state index contributed by atoms with van der Waals surface area (Å²) < 4.78 is 0. The summed E-state index contributed by atoms with van der Waals surface area (Å²) in [6, 6.07) is 0.265. The third-order valence-electron chi connectivity index (χ3n) is 4.26. The number of nitrogens with two attached hydrogens (primary N) is 1. The lowest BCUT2D eigenvalue weighted by atomic mass is 9.66. The zero-order valence-electron chi connectivity index (χ0n) is 10.5. The first kappa shape index (κ1) is 12.2. The number of hydrogen-bond donors (Lipinski definition) is 2. The van der Waals surface area contributed by atoms with Crippen LogP contribution in [0.2, 0.25) is 0 Å².